The molecule has 1 aromatic carbocycles. The van der Waals surface area contributed by atoms with Crippen LogP contribution < -0.4 is 10.5 Å². The molecule has 0 spiro atoms. The number of hydrogen-bond acceptors (Lipinski definition) is 5. The average Bonchev–Trinajstić information content (AvgIpc) is 2.67. The first-order valence-electron chi connectivity index (χ1n) is 6.24. The highest BCUT2D eigenvalue weighted by Gasteiger charge is 2.41. The molecule has 2 atom stereocenters. The summed E-state index contributed by atoms with van der Waals surface area (Å²) < 4.78 is 33.0. The SMILES string of the molecule is CC1OCCC1(C)NS(=O)(=O)c1ccc(N)cc1C#N. The third kappa shape index (κ3) is 2.63. The zero-order valence-electron chi connectivity index (χ0n) is 11.4. The van der Waals surface area contributed by atoms with E-state index in [1.54, 1.807) is 6.92 Å². The van der Waals surface area contributed by atoms with Gasteiger partial charge in [0.2, 0.25) is 10.0 Å². The second-order valence-electron chi connectivity index (χ2n) is 5.15. The van der Waals surface area contributed by atoms with Crippen molar-refractivity contribution in [2.24, 2.45) is 0 Å². The molecule has 1 saturated heterocycles. The lowest BCUT2D eigenvalue weighted by Gasteiger charge is -2.28. The van der Waals surface area contributed by atoms with E-state index in [1.807, 2.05) is 13.0 Å². The third-order valence-corrected chi connectivity index (χ3v) is 5.34. The van der Waals surface area contributed by atoms with Gasteiger partial charge in [-0.15, -0.1) is 0 Å². The number of nitrogen functional groups attached to an aromatic ring is 1. The Balaban J connectivity index is 2.39. The summed E-state index contributed by atoms with van der Waals surface area (Å²) in [6.45, 7) is 4.13. The van der Waals surface area contributed by atoms with Gasteiger partial charge in [-0.1, -0.05) is 0 Å². The fourth-order valence-corrected chi connectivity index (χ4v) is 3.83. The molecule has 1 heterocycles. The van der Waals surface area contributed by atoms with Crippen molar-refractivity contribution in [3.8, 4) is 6.07 Å². The van der Waals surface area contributed by atoms with E-state index in [-0.39, 0.29) is 16.6 Å². The fourth-order valence-electron chi connectivity index (χ4n) is 2.20. The molecule has 0 amide bonds. The number of ether oxygens (including phenoxy) is 1. The summed E-state index contributed by atoms with van der Waals surface area (Å²) in [7, 11) is -3.80. The molecule has 0 aromatic heterocycles. The zero-order valence-corrected chi connectivity index (χ0v) is 12.2. The van der Waals surface area contributed by atoms with Crippen LogP contribution in [0, 0.1) is 11.3 Å². The summed E-state index contributed by atoms with van der Waals surface area (Å²) in [4.78, 5) is -0.0606. The van der Waals surface area contributed by atoms with Gasteiger partial charge in [-0.05, 0) is 38.5 Å². The molecule has 1 aliphatic rings. The molecule has 6 nitrogen and oxygen atoms in total. The normalized spacial score (nSPS) is 26.4. The standard InChI is InChI=1S/C13H17N3O3S/c1-9-13(2,5-6-19-9)16-20(17,18)12-4-3-11(15)7-10(12)8-14/h3-4,7,9,16H,5-6,15H2,1-2H3. The summed E-state index contributed by atoms with van der Waals surface area (Å²) >= 11 is 0. The Hall–Kier alpha value is -1.62. The van der Waals surface area contributed by atoms with Crippen LogP contribution in [-0.4, -0.2) is 26.7 Å². The highest BCUT2D eigenvalue weighted by atomic mass is 32.2. The number of anilines is 1. The number of nitrogens with one attached hydrogen (secondary N) is 1. The smallest absolute Gasteiger partial charge is 0.242 e. The Bertz CT molecular complexity index is 666. The van der Waals surface area contributed by atoms with E-state index in [1.165, 1.54) is 18.2 Å². The summed E-state index contributed by atoms with van der Waals surface area (Å²) in [6, 6.07) is 6.03. The Kier molecular flexibility index (Phi) is 3.73. The molecule has 0 aliphatic carbocycles. The van der Waals surface area contributed by atoms with Crippen molar-refractivity contribution >= 4 is 15.7 Å². The van der Waals surface area contributed by atoms with E-state index >= 15 is 0 Å². The van der Waals surface area contributed by atoms with Crippen LogP contribution in [0.1, 0.15) is 25.8 Å². The molecule has 108 valence electrons. The van der Waals surface area contributed by atoms with E-state index in [0.29, 0.717) is 18.7 Å². The molecule has 1 aromatic rings. The minimum absolute atomic E-state index is 0.0349. The van der Waals surface area contributed by atoms with Gasteiger partial charge in [0, 0.05) is 12.3 Å². The highest BCUT2D eigenvalue weighted by molar-refractivity contribution is 7.89. The second-order valence-corrected chi connectivity index (χ2v) is 6.80. The van der Waals surface area contributed by atoms with Gasteiger partial charge in [0.05, 0.1) is 22.1 Å². The van der Waals surface area contributed by atoms with Gasteiger partial charge in [-0.3, -0.25) is 0 Å². The summed E-state index contributed by atoms with van der Waals surface area (Å²) in [5.41, 5.74) is 5.28. The van der Waals surface area contributed by atoms with Crippen LogP contribution in [0.3, 0.4) is 0 Å². The number of hydrogen-bond donors (Lipinski definition) is 2. The highest BCUT2D eigenvalue weighted by Crippen LogP contribution is 2.28. The fraction of sp³-hybridized carbons (Fsp3) is 0.462. The lowest BCUT2D eigenvalue weighted by atomic mass is 9.97. The molecule has 1 aliphatic heterocycles. The summed E-state index contributed by atoms with van der Waals surface area (Å²) in [5, 5.41) is 9.06. The number of sulfonamides is 1. The molecular formula is C13H17N3O3S. The molecule has 7 heteroatoms. The predicted molar refractivity (Wildman–Crippen MR) is 74.3 cm³/mol. The van der Waals surface area contributed by atoms with Gasteiger partial charge < -0.3 is 10.5 Å². The number of nitriles is 1. The van der Waals surface area contributed by atoms with Crippen molar-refractivity contribution in [3.05, 3.63) is 23.8 Å². The van der Waals surface area contributed by atoms with Gasteiger partial charge in [-0.2, -0.15) is 5.26 Å². The summed E-state index contributed by atoms with van der Waals surface area (Å²) in [5.74, 6) is 0. The second kappa shape index (κ2) is 5.05. The zero-order chi connectivity index (χ0) is 15.0. The van der Waals surface area contributed by atoms with Crippen LogP contribution in [0.15, 0.2) is 23.1 Å². The quantitative estimate of drug-likeness (QED) is 0.809. The minimum atomic E-state index is -3.80. The van der Waals surface area contributed by atoms with Crippen LogP contribution >= 0.6 is 0 Å². The molecule has 2 unspecified atom stereocenters. The van der Waals surface area contributed by atoms with Crippen molar-refractivity contribution in [2.75, 3.05) is 12.3 Å². The Labute approximate surface area is 118 Å². The Morgan fingerprint density at radius 2 is 2.25 bits per heavy atom. The van der Waals surface area contributed by atoms with Gasteiger partial charge in [0.15, 0.2) is 0 Å². The lowest BCUT2D eigenvalue weighted by molar-refractivity contribution is 0.0957. The first kappa shape index (κ1) is 14.8. The van der Waals surface area contributed by atoms with E-state index in [2.05, 4.69) is 4.72 Å². The molecule has 2 rings (SSSR count). The van der Waals surface area contributed by atoms with Gasteiger partial charge in [-0.25, -0.2) is 13.1 Å². The predicted octanol–water partition coefficient (Wildman–Crippen LogP) is 0.986. The Morgan fingerprint density at radius 1 is 1.55 bits per heavy atom. The maximum Gasteiger partial charge on any atom is 0.242 e. The largest absolute Gasteiger partial charge is 0.399 e. The third-order valence-electron chi connectivity index (χ3n) is 3.67. The van der Waals surface area contributed by atoms with Gasteiger partial charge in [0.1, 0.15) is 6.07 Å². The minimum Gasteiger partial charge on any atom is -0.399 e. The maximum atomic E-state index is 12.5. The molecule has 3 N–H and O–H groups in total. The molecule has 1 fully saturated rings. The van der Waals surface area contributed by atoms with Crippen molar-refractivity contribution < 1.29 is 13.2 Å². The monoisotopic (exact) mass is 295 g/mol. The van der Waals surface area contributed by atoms with Crippen LogP contribution in [0.5, 0.6) is 0 Å². The van der Waals surface area contributed by atoms with E-state index in [9.17, 15) is 8.42 Å². The summed E-state index contributed by atoms with van der Waals surface area (Å²) in [6.07, 6.45) is 0.362. The van der Waals surface area contributed by atoms with Gasteiger partial charge >= 0.3 is 0 Å². The molecule has 0 bridgehead atoms. The number of nitrogens with zero attached hydrogens (tertiary/aromatic N) is 1. The first-order chi connectivity index (χ1) is 9.28. The van der Waals surface area contributed by atoms with Crippen LogP contribution in [0.2, 0.25) is 0 Å². The van der Waals surface area contributed by atoms with Crippen LogP contribution in [-0.2, 0) is 14.8 Å². The average molecular weight is 295 g/mol. The van der Waals surface area contributed by atoms with E-state index < -0.39 is 15.6 Å². The van der Waals surface area contributed by atoms with Gasteiger partial charge in [0.25, 0.3) is 0 Å². The molecule has 20 heavy (non-hydrogen) atoms. The van der Waals surface area contributed by atoms with Crippen molar-refractivity contribution in [3.63, 3.8) is 0 Å². The maximum absolute atomic E-state index is 12.5. The molecule has 0 saturated carbocycles. The molecular weight excluding hydrogens is 278 g/mol. The van der Waals surface area contributed by atoms with E-state index in [4.69, 9.17) is 15.7 Å². The van der Waals surface area contributed by atoms with Crippen LogP contribution in [0.4, 0.5) is 5.69 Å². The Morgan fingerprint density at radius 3 is 2.80 bits per heavy atom. The van der Waals surface area contributed by atoms with E-state index in [0.717, 1.165) is 0 Å². The van der Waals surface area contributed by atoms with Crippen molar-refractivity contribution in [1.82, 2.24) is 4.72 Å². The van der Waals surface area contributed by atoms with Crippen LogP contribution in [0.25, 0.3) is 0 Å². The topological polar surface area (TPSA) is 105 Å². The number of rotatable bonds is 3. The number of benzene rings is 1. The van der Waals surface area contributed by atoms with Crippen molar-refractivity contribution in [1.29, 1.82) is 5.26 Å². The molecule has 0 radical (unpaired) electrons. The first-order valence-corrected chi connectivity index (χ1v) is 7.72. The lowest BCUT2D eigenvalue weighted by Crippen LogP contribution is -2.50. The van der Waals surface area contributed by atoms with Crippen molar-refractivity contribution in [2.45, 2.75) is 36.8 Å². The number of nitrogens with two attached hydrogens (primary N) is 1.